The lowest BCUT2D eigenvalue weighted by Crippen LogP contribution is -2.46. The molecule has 0 radical (unpaired) electrons. The molecule has 2 N–H and O–H groups in total. The molecule has 2 aromatic carbocycles. The second kappa shape index (κ2) is 9.67. The minimum absolute atomic E-state index is 0.0330. The maximum absolute atomic E-state index is 12.8. The summed E-state index contributed by atoms with van der Waals surface area (Å²) < 4.78 is 42.5. The molecule has 0 unspecified atom stereocenters. The van der Waals surface area contributed by atoms with Crippen LogP contribution in [0.15, 0.2) is 47.4 Å². The van der Waals surface area contributed by atoms with E-state index in [1.165, 1.54) is 44.5 Å². The summed E-state index contributed by atoms with van der Waals surface area (Å²) in [4.78, 5) is 24.2. The first-order chi connectivity index (χ1) is 14.8. The maximum atomic E-state index is 12.8. The Morgan fingerprint density at radius 3 is 2.39 bits per heavy atom. The van der Waals surface area contributed by atoms with E-state index in [9.17, 15) is 18.0 Å². The number of hydrogen-bond donors (Lipinski definition) is 2. The van der Waals surface area contributed by atoms with Crippen molar-refractivity contribution in [1.29, 1.82) is 0 Å². The van der Waals surface area contributed by atoms with E-state index in [0.29, 0.717) is 42.4 Å². The second-order valence-electron chi connectivity index (χ2n) is 6.65. The summed E-state index contributed by atoms with van der Waals surface area (Å²) in [5.41, 5.74) is 4.75. The fraction of sp³-hybridized carbons (Fsp3) is 0.300. The van der Waals surface area contributed by atoms with Crippen molar-refractivity contribution in [2.45, 2.75) is 11.3 Å². The molecule has 2 amide bonds. The van der Waals surface area contributed by atoms with E-state index >= 15 is 0 Å². The first kappa shape index (κ1) is 22.4. The van der Waals surface area contributed by atoms with E-state index in [-0.39, 0.29) is 4.90 Å². The van der Waals surface area contributed by atoms with E-state index in [0.717, 1.165) is 4.31 Å². The number of nitrogens with zero attached hydrogens (tertiary/aromatic N) is 1. The molecule has 10 nitrogen and oxygen atoms in total. The molecule has 166 valence electrons. The van der Waals surface area contributed by atoms with Gasteiger partial charge in [-0.1, -0.05) is 0 Å². The summed E-state index contributed by atoms with van der Waals surface area (Å²) in [6.45, 7) is 0.406. The number of ether oxygens (including phenoxy) is 3. The number of hydrazine groups is 1. The van der Waals surface area contributed by atoms with Crippen LogP contribution in [0.2, 0.25) is 0 Å². The van der Waals surface area contributed by atoms with Gasteiger partial charge in [0.2, 0.25) is 10.0 Å². The SMILES string of the molecule is COc1ccc(C(=O)NNC(=O)CN(C)S(=O)(=O)c2ccc3c(c2)OCCCO3)cc1. The molecule has 3 rings (SSSR count). The Hall–Kier alpha value is -3.31. The molecule has 1 aliphatic rings. The van der Waals surface area contributed by atoms with Crippen LogP contribution in [0.1, 0.15) is 16.8 Å². The summed E-state index contributed by atoms with van der Waals surface area (Å²) in [5, 5.41) is 0. The van der Waals surface area contributed by atoms with E-state index in [1.807, 2.05) is 0 Å². The van der Waals surface area contributed by atoms with Crippen molar-refractivity contribution < 1.29 is 32.2 Å². The number of hydrogen-bond acceptors (Lipinski definition) is 7. The number of methoxy groups -OCH3 is 1. The largest absolute Gasteiger partial charge is 0.497 e. The molecule has 0 aromatic heterocycles. The standard InChI is InChI=1S/C20H23N3O7S/c1-23(13-19(24)21-22-20(25)14-4-6-15(28-2)7-5-14)31(26,27)16-8-9-17-18(12-16)30-11-3-10-29-17/h4-9,12H,3,10-11,13H2,1-2H3,(H,21,24)(H,22,25). The van der Waals surface area contributed by atoms with Crippen LogP contribution >= 0.6 is 0 Å². The number of sulfonamides is 1. The van der Waals surface area contributed by atoms with Crippen LogP contribution in [-0.2, 0) is 14.8 Å². The second-order valence-corrected chi connectivity index (χ2v) is 8.70. The molecular formula is C20H23N3O7S. The highest BCUT2D eigenvalue weighted by Crippen LogP contribution is 2.32. The van der Waals surface area contributed by atoms with Crippen molar-refractivity contribution >= 4 is 21.8 Å². The van der Waals surface area contributed by atoms with Gasteiger partial charge in [0, 0.05) is 25.1 Å². The number of amides is 2. The van der Waals surface area contributed by atoms with Gasteiger partial charge in [-0.15, -0.1) is 0 Å². The summed E-state index contributed by atoms with van der Waals surface area (Å²) in [6, 6.07) is 10.6. The van der Waals surface area contributed by atoms with Crippen LogP contribution in [0.3, 0.4) is 0 Å². The third kappa shape index (κ3) is 5.44. The molecule has 31 heavy (non-hydrogen) atoms. The van der Waals surface area contributed by atoms with Gasteiger partial charge in [0.05, 0.1) is 31.8 Å². The summed E-state index contributed by atoms with van der Waals surface area (Å²) in [5.74, 6) is 0.134. The Morgan fingerprint density at radius 1 is 1.03 bits per heavy atom. The number of benzene rings is 2. The van der Waals surface area contributed by atoms with Gasteiger partial charge >= 0.3 is 0 Å². The zero-order valence-corrected chi connectivity index (χ0v) is 17.9. The lowest BCUT2D eigenvalue weighted by atomic mass is 10.2. The van der Waals surface area contributed by atoms with Crippen molar-refractivity contribution in [1.82, 2.24) is 15.2 Å². The summed E-state index contributed by atoms with van der Waals surface area (Å²) in [6.07, 6.45) is 0.694. The molecule has 0 spiro atoms. The Balaban J connectivity index is 1.59. The highest BCUT2D eigenvalue weighted by atomic mass is 32.2. The average molecular weight is 449 g/mol. The minimum atomic E-state index is -3.97. The fourth-order valence-electron chi connectivity index (χ4n) is 2.75. The molecular weight excluding hydrogens is 426 g/mol. The van der Waals surface area contributed by atoms with Crippen molar-refractivity contribution in [3.63, 3.8) is 0 Å². The number of carbonyl (C=O) groups is 2. The van der Waals surface area contributed by atoms with E-state index < -0.39 is 28.4 Å². The maximum Gasteiger partial charge on any atom is 0.269 e. The van der Waals surface area contributed by atoms with E-state index in [1.54, 1.807) is 12.1 Å². The van der Waals surface area contributed by atoms with Gasteiger partial charge in [0.25, 0.3) is 11.8 Å². The van der Waals surface area contributed by atoms with Gasteiger partial charge in [-0.3, -0.25) is 20.4 Å². The van der Waals surface area contributed by atoms with E-state index in [2.05, 4.69) is 10.9 Å². The average Bonchev–Trinajstić information content (AvgIpc) is 3.02. The van der Waals surface area contributed by atoms with Crippen molar-refractivity contribution in [3.05, 3.63) is 48.0 Å². The van der Waals surface area contributed by atoms with Crippen LogP contribution in [0.25, 0.3) is 0 Å². The Morgan fingerprint density at radius 2 is 1.71 bits per heavy atom. The third-order valence-corrected chi connectivity index (χ3v) is 6.26. The first-order valence-electron chi connectivity index (χ1n) is 9.40. The first-order valence-corrected chi connectivity index (χ1v) is 10.8. The zero-order chi connectivity index (χ0) is 22.4. The number of fused-ring (bicyclic) bond motifs is 1. The highest BCUT2D eigenvalue weighted by molar-refractivity contribution is 7.89. The Bertz CT molecular complexity index is 1050. The van der Waals surface area contributed by atoms with Crippen molar-refractivity contribution in [2.24, 2.45) is 0 Å². The Labute approximate surface area is 180 Å². The number of rotatable bonds is 6. The predicted octanol–water partition coefficient (Wildman–Crippen LogP) is 0.938. The molecule has 0 bridgehead atoms. The molecule has 0 aliphatic carbocycles. The number of carbonyl (C=O) groups excluding carboxylic acids is 2. The number of likely N-dealkylation sites (N-methyl/N-ethyl adjacent to an activating group) is 1. The van der Waals surface area contributed by atoms with Gasteiger partial charge in [-0.05, 0) is 36.4 Å². The minimum Gasteiger partial charge on any atom is -0.497 e. The van der Waals surface area contributed by atoms with Crippen LogP contribution < -0.4 is 25.1 Å². The molecule has 1 heterocycles. The zero-order valence-electron chi connectivity index (χ0n) is 17.1. The Kier molecular flexibility index (Phi) is 6.98. The lowest BCUT2D eigenvalue weighted by molar-refractivity contribution is -0.121. The quantitative estimate of drug-likeness (QED) is 0.629. The smallest absolute Gasteiger partial charge is 0.269 e. The van der Waals surface area contributed by atoms with Crippen LogP contribution in [0.5, 0.6) is 17.2 Å². The predicted molar refractivity (Wildman–Crippen MR) is 110 cm³/mol. The van der Waals surface area contributed by atoms with Gasteiger partial charge in [0.15, 0.2) is 11.5 Å². The van der Waals surface area contributed by atoms with Crippen LogP contribution in [0, 0.1) is 0 Å². The third-order valence-electron chi connectivity index (χ3n) is 4.46. The summed E-state index contributed by atoms with van der Waals surface area (Å²) in [7, 11) is -1.19. The molecule has 11 heteroatoms. The van der Waals surface area contributed by atoms with Gasteiger partial charge in [0.1, 0.15) is 5.75 Å². The summed E-state index contributed by atoms with van der Waals surface area (Å²) >= 11 is 0. The fourth-order valence-corrected chi connectivity index (χ4v) is 3.89. The van der Waals surface area contributed by atoms with Crippen LogP contribution in [-0.4, -0.2) is 58.5 Å². The molecule has 0 saturated heterocycles. The highest BCUT2D eigenvalue weighted by Gasteiger charge is 2.25. The van der Waals surface area contributed by atoms with Crippen molar-refractivity contribution in [2.75, 3.05) is 33.9 Å². The van der Waals surface area contributed by atoms with Gasteiger partial charge in [-0.25, -0.2) is 8.42 Å². The molecule has 0 atom stereocenters. The van der Waals surface area contributed by atoms with Gasteiger partial charge < -0.3 is 14.2 Å². The molecule has 2 aromatic rings. The lowest BCUT2D eigenvalue weighted by Gasteiger charge is -2.18. The molecule has 1 aliphatic heterocycles. The van der Waals surface area contributed by atoms with E-state index in [4.69, 9.17) is 14.2 Å². The number of nitrogens with one attached hydrogen (secondary N) is 2. The topological polar surface area (TPSA) is 123 Å². The molecule has 0 fully saturated rings. The van der Waals surface area contributed by atoms with Gasteiger partial charge in [-0.2, -0.15) is 4.31 Å². The normalized spacial score (nSPS) is 13.3. The monoisotopic (exact) mass is 449 g/mol. The van der Waals surface area contributed by atoms with Crippen molar-refractivity contribution in [3.8, 4) is 17.2 Å². The molecule has 0 saturated carbocycles. The van der Waals surface area contributed by atoms with Crippen LogP contribution in [0.4, 0.5) is 0 Å².